The SMILES string of the molecule is COc1cc(/C=N/NC(=S)Nc2ccc(F)cc2)ccc1OC(=O)c1ccc(Cl)cc1. The van der Waals surface area contributed by atoms with Gasteiger partial charge >= 0.3 is 5.97 Å². The van der Waals surface area contributed by atoms with E-state index in [1.807, 2.05) is 0 Å². The van der Waals surface area contributed by atoms with Gasteiger partial charge in [0, 0.05) is 10.7 Å². The van der Waals surface area contributed by atoms with Crippen molar-refractivity contribution in [1.82, 2.24) is 5.43 Å². The van der Waals surface area contributed by atoms with Crippen molar-refractivity contribution in [3.63, 3.8) is 0 Å². The molecule has 3 rings (SSSR count). The Balaban J connectivity index is 1.61. The van der Waals surface area contributed by atoms with E-state index in [1.165, 1.54) is 25.5 Å². The molecule has 0 spiro atoms. The number of nitrogens with one attached hydrogen (secondary N) is 2. The Bertz CT molecular complexity index is 1110. The first-order chi connectivity index (χ1) is 14.9. The number of ether oxygens (including phenoxy) is 2. The van der Waals surface area contributed by atoms with Crippen LogP contribution in [-0.2, 0) is 0 Å². The highest BCUT2D eigenvalue weighted by Gasteiger charge is 2.12. The van der Waals surface area contributed by atoms with Gasteiger partial charge in [-0.15, -0.1) is 0 Å². The molecule has 3 aromatic carbocycles. The van der Waals surface area contributed by atoms with E-state index in [2.05, 4.69) is 15.8 Å². The Kier molecular flexibility index (Phi) is 7.53. The number of hydrogen-bond acceptors (Lipinski definition) is 5. The second-order valence-electron chi connectivity index (χ2n) is 6.14. The third-order valence-electron chi connectivity index (χ3n) is 3.95. The van der Waals surface area contributed by atoms with Gasteiger partial charge in [-0.1, -0.05) is 11.6 Å². The van der Waals surface area contributed by atoms with Crippen LogP contribution in [0, 0.1) is 5.82 Å². The Morgan fingerprint density at radius 3 is 2.45 bits per heavy atom. The molecule has 0 amide bonds. The largest absolute Gasteiger partial charge is 0.493 e. The molecule has 0 bridgehead atoms. The number of halogens is 2. The van der Waals surface area contributed by atoms with Crippen molar-refractivity contribution in [1.29, 1.82) is 0 Å². The molecular weight excluding hydrogens is 441 g/mol. The Hall–Kier alpha value is -3.49. The number of hydrazone groups is 1. The summed E-state index contributed by atoms with van der Waals surface area (Å²) >= 11 is 11.0. The van der Waals surface area contributed by atoms with Gasteiger partial charge in [0.2, 0.25) is 0 Å². The topological polar surface area (TPSA) is 71.9 Å². The lowest BCUT2D eigenvalue weighted by molar-refractivity contribution is 0.0729. The molecule has 31 heavy (non-hydrogen) atoms. The van der Waals surface area contributed by atoms with Crippen molar-refractivity contribution < 1.29 is 18.7 Å². The number of carbonyl (C=O) groups is 1. The van der Waals surface area contributed by atoms with Crippen LogP contribution >= 0.6 is 23.8 Å². The number of carbonyl (C=O) groups excluding carboxylic acids is 1. The minimum atomic E-state index is -0.532. The molecule has 6 nitrogen and oxygen atoms in total. The van der Waals surface area contributed by atoms with Crippen LogP contribution in [0.3, 0.4) is 0 Å². The van der Waals surface area contributed by atoms with Crippen LogP contribution in [0.25, 0.3) is 0 Å². The van der Waals surface area contributed by atoms with Gasteiger partial charge in [-0.2, -0.15) is 5.10 Å². The average molecular weight is 458 g/mol. The highest BCUT2D eigenvalue weighted by atomic mass is 35.5. The van der Waals surface area contributed by atoms with Crippen molar-refractivity contribution in [2.45, 2.75) is 0 Å². The fourth-order valence-corrected chi connectivity index (χ4v) is 2.75. The van der Waals surface area contributed by atoms with Gasteiger partial charge < -0.3 is 14.8 Å². The maximum absolute atomic E-state index is 12.9. The fraction of sp³-hybridized carbons (Fsp3) is 0.0455. The van der Waals surface area contributed by atoms with Crippen molar-refractivity contribution >= 4 is 46.8 Å². The van der Waals surface area contributed by atoms with Crippen molar-refractivity contribution in [3.8, 4) is 11.5 Å². The Labute approximate surface area is 188 Å². The van der Waals surface area contributed by atoms with Crippen LogP contribution in [0.4, 0.5) is 10.1 Å². The zero-order valence-electron chi connectivity index (χ0n) is 16.3. The van der Waals surface area contributed by atoms with Gasteiger partial charge in [-0.05, 0) is 84.5 Å². The van der Waals surface area contributed by atoms with Crippen LogP contribution in [0.15, 0.2) is 71.8 Å². The molecule has 0 aromatic heterocycles. The second-order valence-corrected chi connectivity index (χ2v) is 6.98. The number of methoxy groups -OCH3 is 1. The van der Waals surface area contributed by atoms with E-state index in [1.54, 1.807) is 54.6 Å². The van der Waals surface area contributed by atoms with Gasteiger partial charge in [0.15, 0.2) is 16.6 Å². The molecule has 3 aromatic rings. The third-order valence-corrected chi connectivity index (χ3v) is 4.40. The molecule has 0 saturated heterocycles. The van der Waals surface area contributed by atoms with Crippen LogP contribution < -0.4 is 20.2 Å². The Morgan fingerprint density at radius 2 is 1.77 bits per heavy atom. The quantitative estimate of drug-likeness (QED) is 0.178. The molecule has 9 heteroatoms. The fourth-order valence-electron chi connectivity index (χ4n) is 2.45. The lowest BCUT2D eigenvalue weighted by atomic mass is 10.2. The van der Waals surface area contributed by atoms with Gasteiger partial charge in [0.1, 0.15) is 5.82 Å². The summed E-state index contributed by atoms with van der Waals surface area (Å²) in [5.74, 6) is -0.242. The van der Waals surface area contributed by atoms with Crippen molar-refractivity contribution in [3.05, 3.63) is 88.7 Å². The average Bonchev–Trinajstić information content (AvgIpc) is 2.76. The van der Waals surface area contributed by atoms with E-state index >= 15 is 0 Å². The number of nitrogens with zero attached hydrogens (tertiary/aromatic N) is 1. The second kappa shape index (κ2) is 10.5. The van der Waals surface area contributed by atoms with Crippen LogP contribution in [0.2, 0.25) is 5.02 Å². The van der Waals surface area contributed by atoms with E-state index in [4.69, 9.17) is 33.3 Å². The third kappa shape index (κ3) is 6.50. The first kappa shape index (κ1) is 22.2. The summed E-state index contributed by atoms with van der Waals surface area (Å²) in [5.41, 5.74) is 4.34. The first-order valence-electron chi connectivity index (χ1n) is 8.96. The normalized spacial score (nSPS) is 10.5. The summed E-state index contributed by atoms with van der Waals surface area (Å²) < 4.78 is 23.7. The zero-order chi connectivity index (χ0) is 22.2. The van der Waals surface area contributed by atoms with Crippen molar-refractivity contribution in [2.75, 3.05) is 12.4 Å². The molecule has 0 aliphatic heterocycles. The first-order valence-corrected chi connectivity index (χ1v) is 9.74. The standard InChI is InChI=1S/C22H17ClFN3O3S/c1-29-20-12-14(13-25-27-22(31)26-18-9-7-17(24)8-10-18)2-11-19(20)30-21(28)15-3-5-16(23)6-4-15/h2-13H,1H3,(H2,26,27,31)/b25-13+. The summed E-state index contributed by atoms with van der Waals surface area (Å²) in [6.07, 6.45) is 1.52. The number of anilines is 1. The van der Waals surface area contributed by atoms with Crippen LogP contribution in [-0.4, -0.2) is 24.4 Å². The summed E-state index contributed by atoms with van der Waals surface area (Å²) in [7, 11) is 1.47. The molecule has 2 N–H and O–H groups in total. The molecule has 0 fully saturated rings. The van der Waals surface area contributed by atoms with Crippen molar-refractivity contribution in [2.24, 2.45) is 5.10 Å². The number of thiocarbonyl (C=S) groups is 1. The van der Waals surface area contributed by atoms with E-state index in [-0.39, 0.29) is 16.7 Å². The zero-order valence-corrected chi connectivity index (χ0v) is 17.8. The summed E-state index contributed by atoms with van der Waals surface area (Å²) in [4.78, 5) is 12.3. The lowest BCUT2D eigenvalue weighted by Gasteiger charge is -2.10. The lowest BCUT2D eigenvalue weighted by Crippen LogP contribution is -2.23. The predicted molar refractivity (Wildman–Crippen MR) is 123 cm³/mol. The number of benzene rings is 3. The minimum absolute atomic E-state index is 0.239. The van der Waals surface area contributed by atoms with E-state index < -0.39 is 5.97 Å². The Morgan fingerprint density at radius 1 is 1.06 bits per heavy atom. The molecule has 158 valence electrons. The predicted octanol–water partition coefficient (Wildman–Crippen LogP) is 5.03. The molecule has 0 heterocycles. The number of esters is 1. The van der Waals surface area contributed by atoms with E-state index in [0.717, 1.165) is 0 Å². The van der Waals surface area contributed by atoms with E-state index in [0.29, 0.717) is 27.6 Å². The van der Waals surface area contributed by atoms with Gasteiger partial charge in [0.25, 0.3) is 0 Å². The summed E-state index contributed by atoms with van der Waals surface area (Å²) in [6, 6.07) is 17.1. The molecule has 0 atom stereocenters. The summed E-state index contributed by atoms with van der Waals surface area (Å²) in [5, 5.41) is 7.69. The van der Waals surface area contributed by atoms with Crippen LogP contribution in [0.1, 0.15) is 15.9 Å². The van der Waals surface area contributed by atoms with Gasteiger partial charge in [-0.3, -0.25) is 5.43 Å². The molecule has 0 saturated carbocycles. The highest BCUT2D eigenvalue weighted by molar-refractivity contribution is 7.80. The summed E-state index contributed by atoms with van der Waals surface area (Å²) in [6.45, 7) is 0. The number of rotatable bonds is 6. The molecule has 0 radical (unpaired) electrons. The van der Waals surface area contributed by atoms with Gasteiger partial charge in [0.05, 0.1) is 18.9 Å². The smallest absolute Gasteiger partial charge is 0.343 e. The molecule has 0 aliphatic carbocycles. The molecule has 0 aliphatic rings. The molecule has 0 unspecified atom stereocenters. The van der Waals surface area contributed by atoms with Crippen LogP contribution in [0.5, 0.6) is 11.5 Å². The maximum atomic E-state index is 12.9. The number of hydrogen-bond donors (Lipinski definition) is 2. The van der Waals surface area contributed by atoms with Gasteiger partial charge in [-0.25, -0.2) is 9.18 Å². The minimum Gasteiger partial charge on any atom is -0.493 e. The maximum Gasteiger partial charge on any atom is 0.343 e. The van der Waals surface area contributed by atoms with E-state index in [9.17, 15) is 9.18 Å². The molecular formula is C22H17ClFN3O3S. The monoisotopic (exact) mass is 457 g/mol. The highest BCUT2D eigenvalue weighted by Crippen LogP contribution is 2.28.